The molecule has 0 saturated carbocycles. The Morgan fingerprint density at radius 2 is 0.960 bits per heavy atom. The van der Waals surface area contributed by atoms with Crippen LogP contribution in [0.15, 0.2) is 176 Å². The number of benzene rings is 9. The smallest absolute Gasteiger partial charge is 0.0546 e. The predicted octanol–water partition coefficient (Wildman–Crippen LogP) is 13.7. The molecule has 0 fully saturated rings. The van der Waals surface area contributed by atoms with Crippen LogP contribution in [0.3, 0.4) is 0 Å². The zero-order valence-corrected chi connectivity index (χ0v) is 28.2. The SMILES string of the molecule is CC1(C)c2ccccc2-c2cc(N(c3ccccc3)c3cc4cc(-c5cccc6ccccc56)c5ccccc5c4c4ccccc34)ccc21. The Balaban J connectivity index is 1.29. The zero-order chi connectivity index (χ0) is 33.4. The second-order valence-corrected chi connectivity index (χ2v) is 14.1. The molecule has 1 aliphatic rings. The molecule has 0 amide bonds. The van der Waals surface area contributed by atoms with Gasteiger partial charge >= 0.3 is 0 Å². The lowest BCUT2D eigenvalue weighted by Gasteiger charge is -2.29. The third-order valence-electron chi connectivity index (χ3n) is 11.0. The van der Waals surface area contributed by atoms with Gasteiger partial charge in [-0.1, -0.05) is 153 Å². The topological polar surface area (TPSA) is 3.24 Å². The Bertz CT molecular complexity index is 2780. The molecule has 1 heteroatoms. The van der Waals surface area contributed by atoms with Crippen molar-refractivity contribution in [2.45, 2.75) is 19.3 Å². The maximum atomic E-state index is 2.46. The molecule has 0 spiro atoms. The molecule has 9 aromatic carbocycles. The van der Waals surface area contributed by atoms with Crippen LogP contribution in [0.1, 0.15) is 25.0 Å². The number of rotatable bonds is 4. The molecular weight excluding hydrogens is 603 g/mol. The van der Waals surface area contributed by atoms with Crippen molar-refractivity contribution < 1.29 is 0 Å². The summed E-state index contributed by atoms with van der Waals surface area (Å²) in [7, 11) is 0. The summed E-state index contributed by atoms with van der Waals surface area (Å²) in [5.41, 5.74) is 11.4. The minimum absolute atomic E-state index is 0.0449. The Morgan fingerprint density at radius 1 is 0.360 bits per heavy atom. The normalized spacial score (nSPS) is 13.2. The van der Waals surface area contributed by atoms with Gasteiger partial charge in [-0.25, -0.2) is 0 Å². The molecule has 236 valence electrons. The van der Waals surface area contributed by atoms with Crippen LogP contribution >= 0.6 is 0 Å². The molecule has 0 heterocycles. The number of para-hydroxylation sites is 1. The van der Waals surface area contributed by atoms with Gasteiger partial charge in [0.15, 0.2) is 0 Å². The van der Waals surface area contributed by atoms with Gasteiger partial charge < -0.3 is 4.90 Å². The predicted molar refractivity (Wildman–Crippen MR) is 214 cm³/mol. The maximum absolute atomic E-state index is 2.46. The second-order valence-electron chi connectivity index (χ2n) is 14.1. The van der Waals surface area contributed by atoms with Crippen LogP contribution in [0, 0.1) is 0 Å². The lowest BCUT2D eigenvalue weighted by molar-refractivity contribution is 0.660. The first-order valence-electron chi connectivity index (χ1n) is 17.5. The van der Waals surface area contributed by atoms with Crippen LogP contribution in [0.25, 0.3) is 65.3 Å². The number of hydrogen-bond acceptors (Lipinski definition) is 1. The zero-order valence-electron chi connectivity index (χ0n) is 28.2. The molecular formula is C49H35N. The second kappa shape index (κ2) is 10.9. The molecule has 0 bridgehead atoms. The van der Waals surface area contributed by atoms with Crippen LogP contribution in [-0.4, -0.2) is 0 Å². The van der Waals surface area contributed by atoms with E-state index < -0.39 is 0 Å². The Kier molecular flexibility index (Phi) is 6.29. The highest BCUT2D eigenvalue weighted by molar-refractivity contribution is 6.26. The lowest BCUT2D eigenvalue weighted by Crippen LogP contribution is -2.15. The average molecular weight is 638 g/mol. The quantitative estimate of drug-likeness (QED) is 0.174. The summed E-state index contributed by atoms with van der Waals surface area (Å²) < 4.78 is 0. The van der Waals surface area contributed by atoms with Gasteiger partial charge in [0.05, 0.1) is 5.69 Å². The van der Waals surface area contributed by atoms with Crippen molar-refractivity contribution in [2.75, 3.05) is 4.90 Å². The summed E-state index contributed by atoms with van der Waals surface area (Å²) >= 11 is 0. The van der Waals surface area contributed by atoms with E-state index >= 15 is 0 Å². The van der Waals surface area contributed by atoms with Gasteiger partial charge in [0, 0.05) is 22.2 Å². The van der Waals surface area contributed by atoms with E-state index in [0.717, 1.165) is 11.4 Å². The molecule has 10 rings (SSSR count). The van der Waals surface area contributed by atoms with E-state index in [1.165, 1.54) is 82.2 Å². The fourth-order valence-corrected chi connectivity index (χ4v) is 8.68. The van der Waals surface area contributed by atoms with Gasteiger partial charge in [-0.15, -0.1) is 0 Å². The highest BCUT2D eigenvalue weighted by Gasteiger charge is 2.35. The molecule has 0 N–H and O–H groups in total. The van der Waals surface area contributed by atoms with Crippen molar-refractivity contribution >= 4 is 60.2 Å². The molecule has 1 aliphatic carbocycles. The first-order chi connectivity index (χ1) is 24.6. The molecule has 0 radical (unpaired) electrons. The molecule has 0 aromatic heterocycles. The Labute approximate surface area is 292 Å². The molecule has 50 heavy (non-hydrogen) atoms. The van der Waals surface area contributed by atoms with Crippen molar-refractivity contribution in [3.05, 3.63) is 187 Å². The van der Waals surface area contributed by atoms with Crippen LogP contribution in [0.5, 0.6) is 0 Å². The number of anilines is 3. The lowest BCUT2D eigenvalue weighted by atomic mass is 9.82. The van der Waals surface area contributed by atoms with Crippen molar-refractivity contribution in [1.29, 1.82) is 0 Å². The van der Waals surface area contributed by atoms with E-state index in [-0.39, 0.29) is 5.41 Å². The molecule has 0 saturated heterocycles. The monoisotopic (exact) mass is 637 g/mol. The molecule has 0 aliphatic heterocycles. The molecule has 1 nitrogen and oxygen atoms in total. The number of nitrogens with zero attached hydrogens (tertiary/aromatic N) is 1. The molecule has 9 aromatic rings. The Hall–Kier alpha value is -6.18. The summed E-state index contributed by atoms with van der Waals surface area (Å²) in [6.45, 7) is 4.70. The summed E-state index contributed by atoms with van der Waals surface area (Å²) in [6.07, 6.45) is 0. The van der Waals surface area contributed by atoms with E-state index in [9.17, 15) is 0 Å². The maximum Gasteiger partial charge on any atom is 0.0546 e. The van der Waals surface area contributed by atoms with E-state index in [1.54, 1.807) is 0 Å². The van der Waals surface area contributed by atoms with Crippen LogP contribution in [0.4, 0.5) is 17.1 Å². The minimum atomic E-state index is -0.0449. The van der Waals surface area contributed by atoms with Crippen molar-refractivity contribution in [3.63, 3.8) is 0 Å². The first-order valence-corrected chi connectivity index (χ1v) is 17.5. The van der Waals surface area contributed by atoms with Gasteiger partial charge in [0.1, 0.15) is 0 Å². The third kappa shape index (κ3) is 4.20. The minimum Gasteiger partial charge on any atom is -0.310 e. The van der Waals surface area contributed by atoms with Gasteiger partial charge in [-0.3, -0.25) is 0 Å². The number of fused-ring (bicyclic) bond motifs is 9. The van der Waals surface area contributed by atoms with Crippen molar-refractivity contribution in [2.24, 2.45) is 0 Å². The highest BCUT2D eigenvalue weighted by atomic mass is 15.1. The Morgan fingerprint density at radius 3 is 1.78 bits per heavy atom. The average Bonchev–Trinajstić information content (AvgIpc) is 3.40. The summed E-state index contributed by atoms with van der Waals surface area (Å²) in [6, 6.07) is 65.0. The van der Waals surface area contributed by atoms with E-state index in [1.807, 2.05) is 0 Å². The summed E-state index contributed by atoms with van der Waals surface area (Å²) in [4.78, 5) is 2.46. The van der Waals surface area contributed by atoms with Gasteiger partial charge in [-0.05, 0) is 107 Å². The summed E-state index contributed by atoms with van der Waals surface area (Å²) in [5.74, 6) is 0. The largest absolute Gasteiger partial charge is 0.310 e. The highest BCUT2D eigenvalue weighted by Crippen LogP contribution is 2.52. The first kappa shape index (κ1) is 28.8. The fourth-order valence-electron chi connectivity index (χ4n) is 8.68. The van der Waals surface area contributed by atoms with Crippen LogP contribution < -0.4 is 4.90 Å². The molecule has 0 atom stereocenters. The van der Waals surface area contributed by atoms with Gasteiger partial charge in [0.2, 0.25) is 0 Å². The van der Waals surface area contributed by atoms with E-state index in [4.69, 9.17) is 0 Å². The fraction of sp³-hybridized carbons (Fsp3) is 0.0612. The van der Waals surface area contributed by atoms with Crippen LogP contribution in [0.2, 0.25) is 0 Å². The van der Waals surface area contributed by atoms with Crippen LogP contribution in [-0.2, 0) is 5.41 Å². The van der Waals surface area contributed by atoms with Crippen molar-refractivity contribution in [3.8, 4) is 22.3 Å². The van der Waals surface area contributed by atoms with Crippen molar-refractivity contribution in [1.82, 2.24) is 0 Å². The van der Waals surface area contributed by atoms with E-state index in [2.05, 4.69) is 195 Å². The van der Waals surface area contributed by atoms with E-state index in [0.29, 0.717) is 0 Å². The molecule has 0 unspecified atom stereocenters. The van der Waals surface area contributed by atoms with Gasteiger partial charge in [0.25, 0.3) is 0 Å². The number of hydrogen-bond donors (Lipinski definition) is 0. The standard InChI is InChI=1S/C49H35N/c1-49(2)45-26-13-12-21-39(45)44-31-35(27-28-46(44)49)50(34-17-4-3-5-18-34)47-30-33-29-43(37-25-14-16-32-15-6-7-19-36(32)37)38-20-8-10-23-41(38)48(33)42-24-11-9-22-40(42)47/h3-31H,1-2H3. The third-order valence-corrected chi connectivity index (χ3v) is 11.0. The summed E-state index contributed by atoms with van der Waals surface area (Å²) in [5, 5.41) is 10.1. The van der Waals surface area contributed by atoms with Gasteiger partial charge in [-0.2, -0.15) is 0 Å².